The average molecular weight is 291 g/mol. The van der Waals surface area contributed by atoms with Gasteiger partial charge in [-0.05, 0) is 30.3 Å². The number of carbonyl (C=O) groups is 1. The second-order valence-electron chi connectivity index (χ2n) is 5.19. The molecule has 2 aromatic rings. The van der Waals surface area contributed by atoms with Gasteiger partial charge in [-0.3, -0.25) is 4.79 Å². The lowest BCUT2D eigenvalue weighted by molar-refractivity contribution is 0.0746. The predicted molar refractivity (Wildman–Crippen MR) is 86.7 cm³/mol. The molecule has 0 N–H and O–H groups in total. The fourth-order valence-electron chi connectivity index (χ4n) is 2.60. The summed E-state index contributed by atoms with van der Waals surface area (Å²) in [5.41, 5.74) is 1.39. The van der Waals surface area contributed by atoms with Gasteiger partial charge in [0.25, 0.3) is 5.91 Å². The Morgan fingerprint density at radius 3 is 2.59 bits per heavy atom. The van der Waals surface area contributed by atoms with Crippen LogP contribution in [0.15, 0.2) is 48.7 Å². The summed E-state index contributed by atoms with van der Waals surface area (Å²) < 4.78 is 0. The van der Waals surface area contributed by atoms with E-state index in [9.17, 15) is 4.79 Å². The second-order valence-corrected chi connectivity index (χ2v) is 5.19. The van der Waals surface area contributed by atoms with Gasteiger partial charge < -0.3 is 9.80 Å². The molecule has 1 aliphatic rings. The minimum Gasteiger partial charge on any atom is -0.353 e. The Hall–Kier alpha value is -2.80. The van der Waals surface area contributed by atoms with Crippen LogP contribution >= 0.6 is 0 Å². The molecule has 0 aliphatic carbocycles. The van der Waals surface area contributed by atoms with Crippen molar-refractivity contribution in [1.82, 2.24) is 9.88 Å². The van der Waals surface area contributed by atoms with E-state index in [0.717, 1.165) is 24.5 Å². The minimum atomic E-state index is 0.0396. The number of piperazine rings is 1. The van der Waals surface area contributed by atoms with Crippen molar-refractivity contribution in [3.63, 3.8) is 0 Å². The first-order chi connectivity index (χ1) is 10.8. The Kier molecular flexibility index (Phi) is 4.06. The molecule has 1 fully saturated rings. The molecule has 1 amide bonds. The Morgan fingerprint density at radius 2 is 1.91 bits per heavy atom. The fraction of sp³-hybridized carbons (Fsp3) is 0.222. The third-order valence-electron chi connectivity index (χ3n) is 3.82. The van der Waals surface area contributed by atoms with E-state index in [1.807, 2.05) is 41.3 Å². The molecule has 0 saturated carbocycles. The van der Waals surface area contributed by atoms with Gasteiger partial charge >= 0.3 is 0 Å². The largest absolute Gasteiger partial charge is 0.353 e. The van der Waals surface area contributed by atoms with Gasteiger partial charge in [0.15, 0.2) is 0 Å². The molecule has 0 bridgehead atoms. The molecule has 1 aromatic carbocycles. The molecule has 1 aromatic heterocycles. The van der Waals surface area contributed by atoms with Gasteiger partial charge in [-0.15, -0.1) is 6.42 Å². The van der Waals surface area contributed by atoms with Crippen LogP contribution in [-0.4, -0.2) is 42.0 Å². The smallest absolute Gasteiger partial charge is 0.254 e. The second kappa shape index (κ2) is 6.31. The molecule has 0 unspecified atom stereocenters. The number of terminal acetylenes is 1. The topological polar surface area (TPSA) is 36.4 Å². The summed E-state index contributed by atoms with van der Waals surface area (Å²) in [5.74, 6) is 3.57. The van der Waals surface area contributed by atoms with E-state index in [4.69, 9.17) is 6.42 Å². The van der Waals surface area contributed by atoms with Gasteiger partial charge in [0.2, 0.25) is 0 Å². The summed E-state index contributed by atoms with van der Waals surface area (Å²) in [6.45, 7) is 2.96. The highest BCUT2D eigenvalue weighted by atomic mass is 16.2. The zero-order valence-corrected chi connectivity index (χ0v) is 12.3. The van der Waals surface area contributed by atoms with E-state index in [2.05, 4.69) is 15.8 Å². The highest BCUT2D eigenvalue weighted by Crippen LogP contribution is 2.15. The predicted octanol–water partition coefficient (Wildman–Crippen LogP) is 2.03. The van der Waals surface area contributed by atoms with Crippen molar-refractivity contribution in [2.75, 3.05) is 31.1 Å². The summed E-state index contributed by atoms with van der Waals surface area (Å²) in [5, 5.41) is 0. The van der Waals surface area contributed by atoms with Gasteiger partial charge in [0.1, 0.15) is 5.82 Å². The van der Waals surface area contributed by atoms with E-state index in [0.29, 0.717) is 18.7 Å². The van der Waals surface area contributed by atoms with Crippen molar-refractivity contribution < 1.29 is 4.79 Å². The van der Waals surface area contributed by atoms with Crippen LogP contribution in [-0.2, 0) is 0 Å². The number of anilines is 1. The van der Waals surface area contributed by atoms with E-state index < -0.39 is 0 Å². The van der Waals surface area contributed by atoms with E-state index in [1.165, 1.54) is 0 Å². The van der Waals surface area contributed by atoms with Crippen LogP contribution in [0.4, 0.5) is 5.82 Å². The first-order valence-electron chi connectivity index (χ1n) is 7.30. The zero-order valence-electron chi connectivity index (χ0n) is 12.3. The molecule has 1 aliphatic heterocycles. The van der Waals surface area contributed by atoms with Crippen LogP contribution in [0.2, 0.25) is 0 Å². The van der Waals surface area contributed by atoms with E-state index in [1.54, 1.807) is 12.3 Å². The van der Waals surface area contributed by atoms with Crippen LogP contribution in [0.3, 0.4) is 0 Å². The molecule has 4 nitrogen and oxygen atoms in total. The minimum absolute atomic E-state index is 0.0396. The van der Waals surface area contributed by atoms with Gasteiger partial charge in [-0.2, -0.15) is 0 Å². The van der Waals surface area contributed by atoms with E-state index >= 15 is 0 Å². The summed E-state index contributed by atoms with van der Waals surface area (Å²) in [7, 11) is 0. The van der Waals surface area contributed by atoms with Crippen LogP contribution in [0.25, 0.3) is 0 Å². The number of pyridine rings is 1. The Labute approximate surface area is 130 Å². The monoisotopic (exact) mass is 291 g/mol. The van der Waals surface area contributed by atoms with Gasteiger partial charge in [-0.25, -0.2) is 4.98 Å². The maximum atomic E-state index is 12.5. The molecule has 0 radical (unpaired) electrons. The Bertz CT molecular complexity index is 698. The van der Waals surface area contributed by atoms with Crippen LogP contribution < -0.4 is 4.90 Å². The maximum absolute atomic E-state index is 12.5. The van der Waals surface area contributed by atoms with Crippen molar-refractivity contribution >= 4 is 11.7 Å². The highest BCUT2D eigenvalue weighted by Gasteiger charge is 2.22. The zero-order chi connectivity index (χ0) is 15.4. The Balaban J connectivity index is 1.66. The molecular weight excluding hydrogens is 274 g/mol. The summed E-state index contributed by atoms with van der Waals surface area (Å²) in [6.07, 6.45) is 7.18. The number of benzene rings is 1. The number of hydrogen-bond donors (Lipinski definition) is 0. The molecule has 4 heteroatoms. The fourth-order valence-corrected chi connectivity index (χ4v) is 2.60. The maximum Gasteiger partial charge on any atom is 0.254 e. The van der Waals surface area contributed by atoms with Crippen molar-refractivity contribution in [1.29, 1.82) is 0 Å². The molecule has 3 rings (SSSR count). The van der Waals surface area contributed by atoms with Crippen molar-refractivity contribution in [2.24, 2.45) is 0 Å². The standard InChI is InChI=1S/C18H17N3O/c1-2-15-6-5-7-16(14-15)18(22)21-12-10-20(11-13-21)17-8-3-4-9-19-17/h1,3-9,14H,10-13H2. The van der Waals surface area contributed by atoms with Crippen molar-refractivity contribution in [2.45, 2.75) is 0 Å². The number of aromatic nitrogens is 1. The van der Waals surface area contributed by atoms with Gasteiger partial charge in [-0.1, -0.05) is 18.1 Å². The summed E-state index contributed by atoms with van der Waals surface area (Å²) in [4.78, 5) is 21.0. The third-order valence-corrected chi connectivity index (χ3v) is 3.82. The molecule has 110 valence electrons. The molecule has 0 atom stereocenters. The quantitative estimate of drug-likeness (QED) is 0.794. The van der Waals surface area contributed by atoms with Gasteiger partial charge in [0.05, 0.1) is 0 Å². The molecule has 0 spiro atoms. The average Bonchev–Trinajstić information content (AvgIpc) is 2.62. The lowest BCUT2D eigenvalue weighted by atomic mass is 10.1. The number of amides is 1. The first kappa shape index (κ1) is 14.2. The van der Waals surface area contributed by atoms with Crippen LogP contribution in [0.1, 0.15) is 15.9 Å². The van der Waals surface area contributed by atoms with Crippen molar-refractivity contribution in [3.05, 3.63) is 59.8 Å². The first-order valence-corrected chi connectivity index (χ1v) is 7.30. The normalized spacial score (nSPS) is 14.5. The summed E-state index contributed by atoms with van der Waals surface area (Å²) >= 11 is 0. The number of rotatable bonds is 2. The van der Waals surface area contributed by atoms with Gasteiger partial charge in [0, 0.05) is 43.5 Å². The third kappa shape index (κ3) is 2.94. The number of nitrogens with zero attached hydrogens (tertiary/aromatic N) is 3. The Morgan fingerprint density at radius 1 is 1.09 bits per heavy atom. The van der Waals surface area contributed by atoms with Crippen LogP contribution in [0.5, 0.6) is 0 Å². The molecule has 22 heavy (non-hydrogen) atoms. The van der Waals surface area contributed by atoms with E-state index in [-0.39, 0.29) is 5.91 Å². The number of hydrogen-bond acceptors (Lipinski definition) is 3. The summed E-state index contributed by atoms with van der Waals surface area (Å²) in [6, 6.07) is 13.1. The lowest BCUT2D eigenvalue weighted by Crippen LogP contribution is -2.49. The van der Waals surface area contributed by atoms with Crippen LogP contribution in [0, 0.1) is 12.3 Å². The molecular formula is C18H17N3O. The SMILES string of the molecule is C#Cc1cccc(C(=O)N2CCN(c3ccccn3)CC2)c1. The number of carbonyl (C=O) groups excluding carboxylic acids is 1. The lowest BCUT2D eigenvalue weighted by Gasteiger charge is -2.35. The molecule has 2 heterocycles. The highest BCUT2D eigenvalue weighted by molar-refractivity contribution is 5.94. The molecule has 1 saturated heterocycles. The van der Waals surface area contributed by atoms with Crippen molar-refractivity contribution in [3.8, 4) is 12.3 Å².